The number of piperazine rings is 1. The summed E-state index contributed by atoms with van der Waals surface area (Å²) >= 11 is 12.4. The molecule has 0 atom stereocenters. The van der Waals surface area contributed by atoms with Crippen molar-refractivity contribution < 1.29 is 14.3 Å². The summed E-state index contributed by atoms with van der Waals surface area (Å²) in [5.74, 6) is 0.917. The minimum atomic E-state index is -0.101. The number of benzene rings is 2. The average molecular weight is 395 g/mol. The fourth-order valence-corrected chi connectivity index (χ4v) is 3.50. The van der Waals surface area contributed by atoms with E-state index in [2.05, 4.69) is 4.90 Å². The maximum absolute atomic E-state index is 13.0. The van der Waals surface area contributed by atoms with Gasteiger partial charge < -0.3 is 19.3 Å². The summed E-state index contributed by atoms with van der Waals surface area (Å²) in [5, 5.41) is 1.29. The molecular formula is C19H20Cl2N2O3. The van der Waals surface area contributed by atoms with Gasteiger partial charge in [0.2, 0.25) is 0 Å². The number of amides is 1. The Morgan fingerprint density at radius 3 is 2.15 bits per heavy atom. The van der Waals surface area contributed by atoms with E-state index in [1.54, 1.807) is 49.5 Å². The molecule has 0 spiro atoms. The molecule has 7 heteroatoms. The second-order valence-corrected chi connectivity index (χ2v) is 6.76. The summed E-state index contributed by atoms with van der Waals surface area (Å²) in [6, 6.07) is 10.7. The molecule has 0 aromatic heterocycles. The van der Waals surface area contributed by atoms with E-state index in [1.807, 2.05) is 6.07 Å². The SMILES string of the molecule is COc1cccc(OC)c1C(=O)N1CCN(c2cc(Cl)ccc2Cl)CC1. The van der Waals surface area contributed by atoms with Crippen LogP contribution in [0.1, 0.15) is 10.4 Å². The number of nitrogens with zero attached hydrogens (tertiary/aromatic N) is 2. The standard InChI is InChI=1S/C19H20Cl2N2O3/c1-25-16-4-3-5-17(26-2)18(16)19(24)23-10-8-22(9-11-23)15-12-13(20)6-7-14(15)21/h3-7,12H,8-11H2,1-2H3. The lowest BCUT2D eigenvalue weighted by Crippen LogP contribution is -2.49. The van der Waals surface area contributed by atoms with Gasteiger partial charge >= 0.3 is 0 Å². The van der Waals surface area contributed by atoms with Gasteiger partial charge in [0.05, 0.1) is 24.9 Å². The first-order valence-electron chi connectivity index (χ1n) is 8.25. The highest BCUT2D eigenvalue weighted by Crippen LogP contribution is 2.32. The highest BCUT2D eigenvalue weighted by Gasteiger charge is 2.27. The largest absolute Gasteiger partial charge is 0.496 e. The van der Waals surface area contributed by atoms with Crippen LogP contribution in [0.2, 0.25) is 10.0 Å². The van der Waals surface area contributed by atoms with E-state index >= 15 is 0 Å². The number of ether oxygens (including phenoxy) is 2. The molecule has 1 fully saturated rings. The Hall–Kier alpha value is -2.11. The molecular weight excluding hydrogens is 375 g/mol. The number of halogens is 2. The van der Waals surface area contributed by atoms with Gasteiger partial charge in [-0.05, 0) is 30.3 Å². The van der Waals surface area contributed by atoms with Gasteiger partial charge in [-0.1, -0.05) is 29.3 Å². The summed E-state index contributed by atoms with van der Waals surface area (Å²) in [4.78, 5) is 17.0. The van der Waals surface area contributed by atoms with E-state index in [9.17, 15) is 4.79 Å². The Balaban J connectivity index is 1.76. The zero-order valence-corrected chi connectivity index (χ0v) is 16.2. The zero-order chi connectivity index (χ0) is 18.7. The number of hydrogen-bond donors (Lipinski definition) is 0. The van der Waals surface area contributed by atoms with Crippen LogP contribution >= 0.6 is 23.2 Å². The molecule has 1 saturated heterocycles. The van der Waals surface area contributed by atoms with Gasteiger partial charge in [0.25, 0.3) is 5.91 Å². The van der Waals surface area contributed by atoms with Gasteiger partial charge in [-0.2, -0.15) is 0 Å². The fraction of sp³-hybridized carbons (Fsp3) is 0.316. The highest BCUT2D eigenvalue weighted by molar-refractivity contribution is 6.35. The van der Waals surface area contributed by atoms with E-state index in [0.717, 1.165) is 5.69 Å². The summed E-state index contributed by atoms with van der Waals surface area (Å²) in [5.41, 5.74) is 1.34. The second kappa shape index (κ2) is 8.06. The van der Waals surface area contributed by atoms with E-state index in [1.165, 1.54) is 0 Å². The minimum absolute atomic E-state index is 0.101. The molecule has 0 aliphatic carbocycles. The molecule has 1 aliphatic heterocycles. The molecule has 0 radical (unpaired) electrons. The van der Waals surface area contributed by atoms with E-state index < -0.39 is 0 Å². The third-order valence-corrected chi connectivity index (χ3v) is 5.01. The van der Waals surface area contributed by atoms with Crippen molar-refractivity contribution in [3.63, 3.8) is 0 Å². The molecule has 0 N–H and O–H groups in total. The Morgan fingerprint density at radius 1 is 0.962 bits per heavy atom. The maximum Gasteiger partial charge on any atom is 0.261 e. The lowest BCUT2D eigenvalue weighted by molar-refractivity contribution is 0.0740. The molecule has 138 valence electrons. The van der Waals surface area contributed by atoms with E-state index in [-0.39, 0.29) is 5.91 Å². The van der Waals surface area contributed by atoms with Crippen LogP contribution < -0.4 is 14.4 Å². The molecule has 1 aliphatic rings. The molecule has 0 saturated carbocycles. The normalized spacial score (nSPS) is 14.3. The van der Waals surface area contributed by atoms with Crippen molar-refractivity contribution in [2.75, 3.05) is 45.3 Å². The summed E-state index contributed by atoms with van der Waals surface area (Å²) in [6.45, 7) is 2.48. The number of methoxy groups -OCH3 is 2. The van der Waals surface area contributed by atoms with Gasteiger partial charge in [-0.3, -0.25) is 4.79 Å². The zero-order valence-electron chi connectivity index (χ0n) is 14.7. The molecule has 1 heterocycles. The average Bonchev–Trinajstić information content (AvgIpc) is 2.68. The monoisotopic (exact) mass is 394 g/mol. The van der Waals surface area contributed by atoms with Crippen molar-refractivity contribution in [2.45, 2.75) is 0 Å². The van der Waals surface area contributed by atoms with Gasteiger partial charge in [-0.25, -0.2) is 0 Å². The van der Waals surface area contributed by atoms with Crippen LogP contribution in [0.4, 0.5) is 5.69 Å². The summed E-state index contributed by atoms with van der Waals surface area (Å²) in [7, 11) is 3.09. The fourth-order valence-electron chi connectivity index (χ4n) is 3.10. The third-order valence-electron chi connectivity index (χ3n) is 4.46. The number of rotatable bonds is 4. The minimum Gasteiger partial charge on any atom is -0.496 e. The van der Waals surface area contributed by atoms with Crippen LogP contribution in [-0.4, -0.2) is 51.2 Å². The van der Waals surface area contributed by atoms with Gasteiger partial charge in [0.1, 0.15) is 17.1 Å². The third kappa shape index (κ3) is 3.69. The lowest BCUT2D eigenvalue weighted by atomic mass is 10.1. The smallest absolute Gasteiger partial charge is 0.261 e. The van der Waals surface area contributed by atoms with Crippen LogP contribution in [0.5, 0.6) is 11.5 Å². The Labute approximate surface area is 163 Å². The number of carbonyl (C=O) groups is 1. The quantitative estimate of drug-likeness (QED) is 0.786. The van der Waals surface area contributed by atoms with Crippen molar-refractivity contribution in [3.8, 4) is 11.5 Å². The van der Waals surface area contributed by atoms with Crippen LogP contribution in [0.25, 0.3) is 0 Å². The molecule has 26 heavy (non-hydrogen) atoms. The van der Waals surface area contributed by atoms with Gasteiger partial charge in [0.15, 0.2) is 0 Å². The Morgan fingerprint density at radius 2 is 1.58 bits per heavy atom. The number of anilines is 1. The van der Waals surface area contributed by atoms with Crippen LogP contribution in [0.15, 0.2) is 36.4 Å². The lowest BCUT2D eigenvalue weighted by Gasteiger charge is -2.36. The van der Waals surface area contributed by atoms with Gasteiger partial charge in [0, 0.05) is 31.2 Å². The predicted molar refractivity (Wildman–Crippen MR) is 104 cm³/mol. The number of hydrogen-bond acceptors (Lipinski definition) is 4. The van der Waals surface area contributed by atoms with E-state index in [4.69, 9.17) is 32.7 Å². The Kier molecular flexibility index (Phi) is 5.79. The predicted octanol–water partition coefficient (Wildman–Crippen LogP) is 3.97. The summed E-state index contributed by atoms with van der Waals surface area (Å²) < 4.78 is 10.7. The molecule has 2 aromatic rings. The maximum atomic E-state index is 13.0. The van der Waals surface area contributed by atoms with Crippen molar-refractivity contribution in [1.29, 1.82) is 0 Å². The number of carbonyl (C=O) groups excluding carboxylic acids is 1. The van der Waals surface area contributed by atoms with Gasteiger partial charge in [-0.15, -0.1) is 0 Å². The molecule has 5 nitrogen and oxygen atoms in total. The first-order chi connectivity index (χ1) is 12.5. The first-order valence-corrected chi connectivity index (χ1v) is 9.01. The molecule has 2 aromatic carbocycles. The summed E-state index contributed by atoms with van der Waals surface area (Å²) in [6.07, 6.45) is 0. The first kappa shape index (κ1) is 18.7. The van der Waals surface area contributed by atoms with E-state index in [0.29, 0.717) is 53.3 Å². The molecule has 0 bridgehead atoms. The highest BCUT2D eigenvalue weighted by atomic mass is 35.5. The molecule has 1 amide bonds. The van der Waals surface area contributed by atoms with Crippen molar-refractivity contribution in [1.82, 2.24) is 4.90 Å². The Bertz CT molecular complexity index is 783. The van der Waals surface area contributed by atoms with Crippen LogP contribution in [0, 0.1) is 0 Å². The topological polar surface area (TPSA) is 42.0 Å². The van der Waals surface area contributed by atoms with Crippen molar-refractivity contribution in [2.24, 2.45) is 0 Å². The van der Waals surface area contributed by atoms with Crippen LogP contribution in [-0.2, 0) is 0 Å². The van der Waals surface area contributed by atoms with Crippen molar-refractivity contribution >= 4 is 34.8 Å². The molecule has 0 unspecified atom stereocenters. The van der Waals surface area contributed by atoms with Crippen molar-refractivity contribution in [3.05, 3.63) is 52.0 Å². The molecule has 3 rings (SSSR count). The second-order valence-electron chi connectivity index (χ2n) is 5.91. The van der Waals surface area contributed by atoms with Crippen LogP contribution in [0.3, 0.4) is 0 Å².